The molecule has 1 aliphatic rings. The number of rotatable bonds is 4. The molecule has 1 saturated heterocycles. The predicted octanol–water partition coefficient (Wildman–Crippen LogP) is 3.23. The number of nitrogens with zero attached hydrogens (tertiary/aromatic N) is 4. The Bertz CT molecular complexity index is 1020. The van der Waals surface area contributed by atoms with Crippen molar-refractivity contribution in [3.8, 4) is 11.3 Å². The molecule has 0 radical (unpaired) electrons. The third-order valence-electron chi connectivity index (χ3n) is 5.23. The average molecular weight is 395 g/mol. The Hall–Kier alpha value is -2.80. The van der Waals surface area contributed by atoms with Crippen LogP contribution in [0.15, 0.2) is 52.9 Å². The smallest absolute Gasteiger partial charge is 0.266 e. The van der Waals surface area contributed by atoms with E-state index < -0.39 is 0 Å². The number of aromatic nitrogens is 3. The number of piperidine rings is 1. The van der Waals surface area contributed by atoms with E-state index in [-0.39, 0.29) is 11.5 Å². The van der Waals surface area contributed by atoms with Crippen LogP contribution in [0.2, 0.25) is 0 Å². The van der Waals surface area contributed by atoms with Gasteiger partial charge >= 0.3 is 0 Å². The minimum Gasteiger partial charge on any atom is -0.338 e. The van der Waals surface area contributed by atoms with Crippen molar-refractivity contribution in [3.05, 3.63) is 68.9 Å². The van der Waals surface area contributed by atoms with Crippen LogP contribution >= 0.6 is 11.3 Å². The fourth-order valence-corrected chi connectivity index (χ4v) is 4.45. The summed E-state index contributed by atoms with van der Waals surface area (Å²) in [5.41, 5.74) is 2.66. The summed E-state index contributed by atoms with van der Waals surface area (Å²) >= 11 is 1.51. The number of thiophene rings is 1. The third-order valence-corrected chi connectivity index (χ3v) is 6.24. The maximum Gasteiger partial charge on any atom is 0.266 e. The van der Waals surface area contributed by atoms with Crippen molar-refractivity contribution in [2.24, 2.45) is 5.92 Å². The summed E-state index contributed by atoms with van der Waals surface area (Å²) in [7, 11) is 0. The number of amides is 1. The molecule has 1 fully saturated rings. The van der Waals surface area contributed by atoms with Gasteiger partial charge in [0, 0.05) is 43.7 Å². The highest BCUT2D eigenvalue weighted by molar-refractivity contribution is 7.12. The van der Waals surface area contributed by atoms with Crippen molar-refractivity contribution >= 4 is 17.2 Å². The molecule has 1 aliphatic heterocycles. The minimum atomic E-state index is -0.0921. The third kappa shape index (κ3) is 3.89. The average Bonchev–Trinajstić information content (AvgIpc) is 3.16. The maximum absolute atomic E-state index is 12.7. The second-order valence-corrected chi connectivity index (χ2v) is 8.06. The largest absolute Gasteiger partial charge is 0.338 e. The molecule has 28 heavy (non-hydrogen) atoms. The Morgan fingerprint density at radius 2 is 1.89 bits per heavy atom. The highest BCUT2D eigenvalue weighted by Gasteiger charge is 2.25. The summed E-state index contributed by atoms with van der Waals surface area (Å²) in [5.74, 6) is 0.465. The molecular formula is C21H22N4O2S. The van der Waals surface area contributed by atoms with Crippen molar-refractivity contribution in [3.63, 3.8) is 0 Å². The summed E-state index contributed by atoms with van der Waals surface area (Å²) in [6.45, 7) is 4.00. The number of carbonyl (C=O) groups excluding carboxylic acids is 1. The molecule has 0 spiro atoms. The van der Waals surface area contributed by atoms with Gasteiger partial charge in [0.1, 0.15) is 0 Å². The summed E-state index contributed by atoms with van der Waals surface area (Å²) in [6.07, 6.45) is 5.19. The van der Waals surface area contributed by atoms with E-state index in [1.807, 2.05) is 35.4 Å². The van der Waals surface area contributed by atoms with E-state index in [1.165, 1.54) is 11.3 Å². The highest BCUT2D eigenvalue weighted by Crippen LogP contribution is 2.24. The van der Waals surface area contributed by atoms with Gasteiger partial charge in [-0.25, -0.2) is 4.68 Å². The normalized spacial score (nSPS) is 15.0. The molecule has 7 heteroatoms. The first-order chi connectivity index (χ1) is 13.6. The Labute approximate surface area is 167 Å². The summed E-state index contributed by atoms with van der Waals surface area (Å²) in [6, 6.07) is 9.07. The van der Waals surface area contributed by atoms with Crippen LogP contribution in [0.25, 0.3) is 11.3 Å². The lowest BCUT2D eigenvalue weighted by Crippen LogP contribution is -2.40. The standard InChI is InChI=1S/C21H22N4O2S/c1-15-8-13-28-20(15)21(27)24-11-6-16(7-12-24)14-25-19(26)3-2-18(23-25)17-4-9-22-10-5-17/h2-5,8-10,13,16H,6-7,11-12,14H2,1H3. The van der Waals surface area contributed by atoms with Crippen molar-refractivity contribution < 1.29 is 4.79 Å². The van der Waals surface area contributed by atoms with E-state index in [4.69, 9.17) is 0 Å². The lowest BCUT2D eigenvalue weighted by Gasteiger charge is -2.32. The second kappa shape index (κ2) is 8.06. The van der Waals surface area contributed by atoms with E-state index in [9.17, 15) is 9.59 Å². The number of carbonyl (C=O) groups is 1. The monoisotopic (exact) mass is 394 g/mol. The molecule has 3 aromatic rings. The molecule has 4 heterocycles. The van der Waals surface area contributed by atoms with Gasteiger partial charge < -0.3 is 4.90 Å². The van der Waals surface area contributed by atoms with Gasteiger partial charge in [0.05, 0.1) is 10.6 Å². The van der Waals surface area contributed by atoms with Crippen LogP contribution in [0.3, 0.4) is 0 Å². The van der Waals surface area contributed by atoms with Crippen LogP contribution in [0.5, 0.6) is 0 Å². The van der Waals surface area contributed by atoms with Crippen LogP contribution in [0, 0.1) is 12.8 Å². The molecule has 0 unspecified atom stereocenters. The number of likely N-dealkylation sites (tertiary alicyclic amines) is 1. The van der Waals surface area contributed by atoms with Gasteiger partial charge in [-0.05, 0) is 60.9 Å². The topological polar surface area (TPSA) is 68.1 Å². The van der Waals surface area contributed by atoms with Gasteiger partial charge in [0.2, 0.25) is 0 Å². The van der Waals surface area contributed by atoms with Gasteiger partial charge in [-0.2, -0.15) is 5.10 Å². The zero-order valence-electron chi connectivity index (χ0n) is 15.7. The van der Waals surface area contributed by atoms with Crippen molar-refractivity contribution in [1.29, 1.82) is 0 Å². The van der Waals surface area contributed by atoms with Gasteiger partial charge in [-0.1, -0.05) is 0 Å². The summed E-state index contributed by atoms with van der Waals surface area (Å²) in [5, 5.41) is 6.50. The van der Waals surface area contributed by atoms with Crippen LogP contribution in [0.1, 0.15) is 28.1 Å². The van der Waals surface area contributed by atoms with E-state index >= 15 is 0 Å². The first-order valence-electron chi connectivity index (χ1n) is 9.44. The van der Waals surface area contributed by atoms with Gasteiger partial charge in [-0.15, -0.1) is 11.3 Å². The molecule has 144 valence electrons. The van der Waals surface area contributed by atoms with E-state index in [0.717, 1.165) is 47.6 Å². The number of hydrogen-bond acceptors (Lipinski definition) is 5. The molecule has 1 amide bonds. The molecule has 0 atom stereocenters. The van der Waals surface area contributed by atoms with Crippen molar-refractivity contribution in [2.75, 3.05) is 13.1 Å². The first-order valence-corrected chi connectivity index (χ1v) is 10.3. The predicted molar refractivity (Wildman–Crippen MR) is 109 cm³/mol. The Morgan fingerprint density at radius 1 is 1.14 bits per heavy atom. The van der Waals surface area contributed by atoms with Crippen molar-refractivity contribution in [1.82, 2.24) is 19.7 Å². The number of aryl methyl sites for hydroxylation is 1. The molecule has 0 N–H and O–H groups in total. The zero-order chi connectivity index (χ0) is 19.5. The van der Waals surface area contributed by atoms with Crippen LogP contribution < -0.4 is 5.56 Å². The van der Waals surface area contributed by atoms with Crippen molar-refractivity contribution in [2.45, 2.75) is 26.3 Å². The molecule has 6 nitrogen and oxygen atoms in total. The van der Waals surface area contributed by atoms with E-state index in [1.54, 1.807) is 29.2 Å². The van der Waals surface area contributed by atoms with Crippen LogP contribution in [-0.2, 0) is 6.54 Å². The fourth-order valence-electron chi connectivity index (χ4n) is 3.55. The summed E-state index contributed by atoms with van der Waals surface area (Å²) in [4.78, 5) is 31.7. The molecular weight excluding hydrogens is 372 g/mol. The lowest BCUT2D eigenvalue weighted by molar-refractivity contribution is 0.0685. The minimum absolute atomic E-state index is 0.0921. The molecule has 4 rings (SSSR count). The molecule has 3 aromatic heterocycles. The molecule has 0 saturated carbocycles. The SMILES string of the molecule is Cc1ccsc1C(=O)N1CCC(Cn2nc(-c3ccncc3)ccc2=O)CC1. The zero-order valence-corrected chi connectivity index (χ0v) is 16.6. The van der Waals surface area contributed by atoms with Gasteiger partial charge in [-0.3, -0.25) is 14.6 Å². The maximum atomic E-state index is 12.7. The van der Waals surface area contributed by atoms with Gasteiger partial charge in [0.25, 0.3) is 11.5 Å². The fraction of sp³-hybridized carbons (Fsp3) is 0.333. The van der Waals surface area contributed by atoms with E-state index in [2.05, 4.69) is 10.1 Å². The second-order valence-electron chi connectivity index (χ2n) is 7.14. The molecule has 0 aliphatic carbocycles. The van der Waals surface area contributed by atoms with Crippen LogP contribution in [-0.4, -0.2) is 38.7 Å². The highest BCUT2D eigenvalue weighted by atomic mass is 32.1. The lowest BCUT2D eigenvalue weighted by atomic mass is 9.96. The Balaban J connectivity index is 1.42. The summed E-state index contributed by atoms with van der Waals surface area (Å²) < 4.78 is 1.56. The van der Waals surface area contributed by atoms with Gasteiger partial charge in [0.15, 0.2) is 0 Å². The quantitative estimate of drug-likeness (QED) is 0.681. The Kier molecular flexibility index (Phi) is 5.34. The Morgan fingerprint density at radius 3 is 2.57 bits per heavy atom. The molecule has 0 bridgehead atoms. The van der Waals surface area contributed by atoms with E-state index in [0.29, 0.717) is 12.5 Å². The number of pyridine rings is 1. The van der Waals surface area contributed by atoms with Crippen LogP contribution in [0.4, 0.5) is 0 Å². The number of hydrogen-bond donors (Lipinski definition) is 0. The first kappa shape index (κ1) is 18.6. The molecule has 0 aromatic carbocycles.